The second-order valence-electron chi connectivity index (χ2n) is 3.92. The molecule has 114 valence electrons. The second kappa shape index (κ2) is 6.98. The molecular weight excluding hydrogens is 312 g/mol. The van der Waals surface area contributed by atoms with Gasteiger partial charge in [-0.1, -0.05) is 18.5 Å². The Morgan fingerprint density at radius 3 is 2.75 bits per heavy atom. The highest BCUT2D eigenvalue weighted by Crippen LogP contribution is 2.27. The van der Waals surface area contributed by atoms with Crippen molar-refractivity contribution in [2.45, 2.75) is 32.8 Å². The van der Waals surface area contributed by atoms with E-state index in [4.69, 9.17) is 0 Å². The molecule has 0 aliphatic rings. The number of alkyl halides is 2. The molecule has 0 fully saturated rings. The average molecular weight is 327 g/mol. The maximum absolute atomic E-state index is 13.6. The van der Waals surface area contributed by atoms with Crippen LogP contribution in [0, 0.1) is 0 Å². The fourth-order valence-electron chi connectivity index (χ4n) is 1.05. The minimum Gasteiger partial charge on any atom is -0.418 e. The molecule has 1 aromatic rings. The Bertz CT molecular complexity index is 541. The summed E-state index contributed by atoms with van der Waals surface area (Å²) in [6.07, 6.45) is -2.72. The molecule has 0 N–H and O–H groups in total. The van der Waals surface area contributed by atoms with E-state index in [1.807, 2.05) is 0 Å². The lowest BCUT2D eigenvalue weighted by atomic mass is 10.4. The molecule has 0 unspecified atom stereocenters. The van der Waals surface area contributed by atoms with Gasteiger partial charge in [0.1, 0.15) is 0 Å². The van der Waals surface area contributed by atoms with E-state index in [9.17, 15) is 17.2 Å². The highest BCUT2D eigenvalue weighted by atomic mass is 32.2. The summed E-state index contributed by atoms with van der Waals surface area (Å²) in [5, 5.41) is 4.53. The Morgan fingerprint density at radius 2 is 2.20 bits per heavy atom. The van der Waals surface area contributed by atoms with Gasteiger partial charge in [0.05, 0.1) is 5.75 Å². The first-order chi connectivity index (χ1) is 9.27. The maximum atomic E-state index is 13.6. The van der Waals surface area contributed by atoms with Gasteiger partial charge in [-0.25, -0.2) is 0 Å². The third kappa shape index (κ3) is 5.41. The third-order valence-electron chi connectivity index (χ3n) is 2.18. The molecule has 1 aromatic heterocycles. The Kier molecular flexibility index (Phi) is 5.88. The molecule has 1 rings (SSSR count). The quantitative estimate of drug-likeness (QED) is 0.543. The summed E-state index contributed by atoms with van der Waals surface area (Å²) in [6.45, 7) is 2.73. The van der Waals surface area contributed by atoms with E-state index in [1.54, 1.807) is 18.4 Å². The predicted octanol–water partition coefficient (Wildman–Crippen LogP) is 3.24. The Labute approximate surface area is 120 Å². The van der Waals surface area contributed by atoms with Crippen molar-refractivity contribution in [1.82, 2.24) is 0 Å². The Hall–Kier alpha value is -1.22. The smallest absolute Gasteiger partial charge is 0.418 e. The van der Waals surface area contributed by atoms with Gasteiger partial charge < -0.3 is 4.74 Å². The first kappa shape index (κ1) is 16.8. The zero-order valence-electron chi connectivity index (χ0n) is 11.0. The van der Waals surface area contributed by atoms with Gasteiger partial charge in [0.15, 0.2) is 10.8 Å². The van der Waals surface area contributed by atoms with Crippen LogP contribution < -0.4 is 4.74 Å². The summed E-state index contributed by atoms with van der Waals surface area (Å²) in [7, 11) is -3.93. The van der Waals surface area contributed by atoms with Crippen molar-refractivity contribution in [1.29, 1.82) is 0 Å². The molecule has 1 heterocycles. The van der Waals surface area contributed by atoms with Gasteiger partial charge in [0, 0.05) is 0 Å². The van der Waals surface area contributed by atoms with E-state index in [-0.39, 0.29) is 10.8 Å². The van der Waals surface area contributed by atoms with Crippen LogP contribution in [0.1, 0.15) is 26.7 Å². The summed E-state index contributed by atoms with van der Waals surface area (Å²) >= 11 is 0.986. The van der Waals surface area contributed by atoms with Crippen molar-refractivity contribution >= 4 is 27.2 Å². The lowest BCUT2D eigenvalue weighted by Gasteiger charge is -2.15. The third-order valence-corrected chi connectivity index (χ3v) is 4.02. The first-order valence-electron chi connectivity index (χ1n) is 5.83. The van der Waals surface area contributed by atoms with Gasteiger partial charge in [-0.2, -0.15) is 17.2 Å². The fourth-order valence-corrected chi connectivity index (χ4v) is 2.59. The largest absolute Gasteiger partial charge is 0.443 e. The normalized spacial score (nSPS) is 13.3. The van der Waals surface area contributed by atoms with Crippen molar-refractivity contribution in [3.63, 3.8) is 0 Å². The van der Waals surface area contributed by atoms with E-state index in [2.05, 4.69) is 14.2 Å². The highest BCUT2D eigenvalue weighted by molar-refractivity contribution is 7.86. The molecule has 0 bridgehead atoms. The van der Waals surface area contributed by atoms with Gasteiger partial charge >= 0.3 is 16.2 Å². The zero-order chi connectivity index (χ0) is 15.2. The standard InChI is InChI=1S/C11H15F2NO4S2/c1-3-4-8-20(15,16)18-14-9(2)11(12,13)17-10-6-5-7-19-10/h5-7H,3-4,8H2,1-2H3. The summed E-state index contributed by atoms with van der Waals surface area (Å²) in [5.41, 5.74) is -0.869. The van der Waals surface area contributed by atoms with Crippen molar-refractivity contribution < 1.29 is 26.2 Å². The molecule has 0 aliphatic carbocycles. The average Bonchev–Trinajstić information content (AvgIpc) is 2.85. The van der Waals surface area contributed by atoms with Crippen molar-refractivity contribution in [3.8, 4) is 5.06 Å². The highest BCUT2D eigenvalue weighted by Gasteiger charge is 2.37. The number of thiophene rings is 1. The second-order valence-corrected chi connectivity index (χ2v) is 6.50. The van der Waals surface area contributed by atoms with Crippen LogP contribution in [0.4, 0.5) is 8.78 Å². The molecule has 0 radical (unpaired) electrons. The lowest BCUT2D eigenvalue weighted by Crippen LogP contribution is -2.33. The van der Waals surface area contributed by atoms with Crippen LogP contribution in [0.25, 0.3) is 0 Å². The van der Waals surface area contributed by atoms with E-state index < -0.39 is 21.9 Å². The monoisotopic (exact) mass is 327 g/mol. The SMILES string of the molecule is CCCCS(=O)(=O)ON=C(C)C(F)(F)Oc1cccs1. The minimum absolute atomic E-state index is 0.00149. The summed E-state index contributed by atoms with van der Waals surface area (Å²) < 4.78 is 58.5. The number of halogens is 2. The molecule has 9 heteroatoms. The number of oxime groups is 1. The molecule has 0 aromatic carbocycles. The van der Waals surface area contributed by atoms with E-state index >= 15 is 0 Å². The van der Waals surface area contributed by atoms with Crippen LogP contribution >= 0.6 is 11.3 Å². The van der Waals surface area contributed by atoms with Gasteiger partial charge in [0.25, 0.3) is 0 Å². The van der Waals surface area contributed by atoms with Crippen molar-refractivity contribution in [3.05, 3.63) is 17.5 Å². The van der Waals surface area contributed by atoms with Gasteiger partial charge in [-0.05, 0) is 30.9 Å². The van der Waals surface area contributed by atoms with Crippen LogP contribution in [0.15, 0.2) is 22.7 Å². The Morgan fingerprint density at radius 1 is 1.50 bits per heavy atom. The number of rotatable bonds is 8. The van der Waals surface area contributed by atoms with E-state index in [0.29, 0.717) is 12.8 Å². The van der Waals surface area contributed by atoms with Crippen LogP contribution in [-0.2, 0) is 14.4 Å². The number of nitrogens with zero attached hydrogens (tertiary/aromatic N) is 1. The lowest BCUT2D eigenvalue weighted by molar-refractivity contribution is -0.111. The summed E-state index contributed by atoms with van der Waals surface area (Å²) in [4.78, 5) is 0. The summed E-state index contributed by atoms with van der Waals surface area (Å²) in [6, 6.07) is 2.92. The number of hydrogen-bond donors (Lipinski definition) is 0. The van der Waals surface area contributed by atoms with Crippen LogP contribution in [-0.4, -0.2) is 26.0 Å². The van der Waals surface area contributed by atoms with Gasteiger partial charge in [-0.3, -0.25) is 4.28 Å². The molecule has 0 aliphatic heterocycles. The summed E-state index contributed by atoms with van der Waals surface area (Å²) in [5.74, 6) is -0.266. The number of ether oxygens (including phenoxy) is 1. The molecule has 0 spiro atoms. The van der Waals surface area contributed by atoms with Gasteiger partial charge in [0.2, 0.25) is 0 Å². The van der Waals surface area contributed by atoms with Crippen LogP contribution in [0.5, 0.6) is 5.06 Å². The molecular formula is C11H15F2NO4S2. The molecule has 5 nitrogen and oxygen atoms in total. The maximum Gasteiger partial charge on any atom is 0.443 e. The molecule has 0 amide bonds. The fraction of sp³-hybridized carbons (Fsp3) is 0.545. The van der Waals surface area contributed by atoms with E-state index in [0.717, 1.165) is 18.3 Å². The number of hydrogen-bond acceptors (Lipinski definition) is 6. The zero-order valence-corrected chi connectivity index (χ0v) is 12.6. The van der Waals surface area contributed by atoms with Crippen molar-refractivity contribution in [2.24, 2.45) is 5.16 Å². The van der Waals surface area contributed by atoms with Crippen molar-refractivity contribution in [2.75, 3.05) is 5.75 Å². The topological polar surface area (TPSA) is 65.0 Å². The number of unbranched alkanes of at least 4 members (excludes halogenated alkanes) is 1. The van der Waals surface area contributed by atoms with Crippen LogP contribution in [0.2, 0.25) is 0 Å². The predicted molar refractivity (Wildman–Crippen MR) is 72.8 cm³/mol. The van der Waals surface area contributed by atoms with E-state index in [1.165, 1.54) is 6.07 Å². The molecule has 0 atom stereocenters. The minimum atomic E-state index is -3.93. The molecule has 0 saturated carbocycles. The molecule has 0 saturated heterocycles. The first-order valence-corrected chi connectivity index (χ1v) is 8.29. The van der Waals surface area contributed by atoms with Gasteiger partial charge in [-0.15, -0.1) is 11.3 Å². The van der Waals surface area contributed by atoms with Crippen LogP contribution in [0.3, 0.4) is 0 Å². The molecule has 20 heavy (non-hydrogen) atoms. The Balaban J connectivity index is 2.67.